The smallest absolute Gasteiger partial charge is 0.323 e. The zero-order valence-corrected chi connectivity index (χ0v) is 29.8. The van der Waals surface area contributed by atoms with Gasteiger partial charge < -0.3 is 30.2 Å². The van der Waals surface area contributed by atoms with E-state index in [1.807, 2.05) is 43.4 Å². The van der Waals surface area contributed by atoms with Gasteiger partial charge in [-0.3, -0.25) is 0 Å². The Balaban J connectivity index is 1.23. The number of hydrogen-bond donors (Lipinski definition) is 3. The van der Waals surface area contributed by atoms with E-state index in [1.54, 1.807) is 49.7 Å². The van der Waals surface area contributed by atoms with Crippen LogP contribution in [0.1, 0.15) is 50.6 Å². The van der Waals surface area contributed by atoms with Gasteiger partial charge in [-0.25, -0.2) is 18.2 Å². The van der Waals surface area contributed by atoms with Gasteiger partial charge in [-0.05, 0) is 71.8 Å². The Morgan fingerprint density at radius 3 is 2.28 bits per heavy atom. The Morgan fingerprint density at radius 2 is 1.60 bits per heavy atom. The van der Waals surface area contributed by atoms with Gasteiger partial charge in [0.1, 0.15) is 17.3 Å². The van der Waals surface area contributed by atoms with Crippen molar-refractivity contribution in [2.75, 3.05) is 37.2 Å². The first-order chi connectivity index (χ1) is 23.9. The normalized spacial score (nSPS) is 13.1. The van der Waals surface area contributed by atoms with Crippen molar-refractivity contribution in [3.8, 4) is 23.1 Å². The number of carbonyl (C=O) groups is 1. The summed E-state index contributed by atoms with van der Waals surface area (Å²) >= 11 is 0. The Morgan fingerprint density at radius 1 is 0.880 bits per heavy atom. The molecule has 12 heteroatoms. The van der Waals surface area contributed by atoms with Crippen LogP contribution in [-0.2, 0) is 21.7 Å². The zero-order valence-electron chi connectivity index (χ0n) is 29.0. The Labute approximate surface area is 292 Å². The maximum atomic E-state index is 13.4. The van der Waals surface area contributed by atoms with E-state index >= 15 is 0 Å². The monoisotopic (exact) mass is 695 g/mol. The minimum Gasteiger partial charge on any atom is -0.497 e. The zero-order chi connectivity index (χ0) is 35.6. The van der Waals surface area contributed by atoms with Crippen molar-refractivity contribution in [2.45, 2.75) is 55.6 Å². The lowest BCUT2D eigenvalue weighted by molar-refractivity contribution is 0.262. The molecular weight excluding hydrogens is 655 g/mol. The Hall–Kier alpha value is -5.36. The molecule has 1 heterocycles. The Kier molecular flexibility index (Phi) is 9.57. The highest BCUT2D eigenvalue weighted by molar-refractivity contribution is 7.92. The van der Waals surface area contributed by atoms with E-state index in [2.05, 4.69) is 46.7 Å². The van der Waals surface area contributed by atoms with Gasteiger partial charge in [-0.15, -0.1) is 0 Å². The van der Waals surface area contributed by atoms with Crippen LogP contribution in [-0.4, -0.2) is 50.9 Å². The SMILES string of the molecule is CNc1cc(C(C)(C)C)cc(NC(=O)Nc2ccc(Oc3ccnc(Cc4cc(OC)cc(S(=O)(=O)C5CC5)c4)n3)c3ccccc23)c1OC. The van der Waals surface area contributed by atoms with Gasteiger partial charge in [0.05, 0.1) is 41.4 Å². The van der Waals surface area contributed by atoms with E-state index < -0.39 is 15.9 Å². The van der Waals surface area contributed by atoms with Gasteiger partial charge in [0.15, 0.2) is 15.6 Å². The summed E-state index contributed by atoms with van der Waals surface area (Å²) in [6.07, 6.45) is 3.23. The molecule has 5 aromatic rings. The number of methoxy groups -OCH3 is 2. The summed E-state index contributed by atoms with van der Waals surface area (Å²) in [5, 5.41) is 10.3. The van der Waals surface area contributed by atoms with E-state index in [4.69, 9.17) is 14.2 Å². The molecule has 1 fully saturated rings. The first-order valence-electron chi connectivity index (χ1n) is 16.3. The summed E-state index contributed by atoms with van der Waals surface area (Å²) in [7, 11) is 1.49. The molecular formula is C38H41N5O6S. The molecule has 50 heavy (non-hydrogen) atoms. The molecule has 0 bridgehead atoms. The first kappa shape index (κ1) is 34.5. The third-order valence-corrected chi connectivity index (χ3v) is 10.8. The molecule has 0 atom stereocenters. The van der Waals surface area contributed by atoms with Crippen molar-refractivity contribution in [2.24, 2.45) is 0 Å². The molecule has 1 aliphatic carbocycles. The summed E-state index contributed by atoms with van der Waals surface area (Å²) in [5.74, 6) is 2.30. The quantitative estimate of drug-likeness (QED) is 0.126. The molecule has 1 saturated carbocycles. The standard InChI is InChI=1S/C38H41N5O6S/c1-38(2,3)24-20-31(39-4)36(48-6)32(21-24)42-37(44)41-30-13-14-33(29-10-8-7-9-28(29)30)49-35-15-16-40-34(43-35)19-23-17-25(47-5)22-27(18-23)50(45,46)26-11-12-26/h7-10,13-18,20-22,26,39H,11-12,19H2,1-6H3,(H2,41,42,44). The van der Waals surface area contributed by atoms with Gasteiger partial charge in [-0.1, -0.05) is 45.0 Å². The van der Waals surface area contributed by atoms with Gasteiger partial charge in [-0.2, -0.15) is 4.98 Å². The second kappa shape index (κ2) is 13.9. The number of benzene rings is 4. The largest absolute Gasteiger partial charge is 0.497 e. The molecule has 0 aliphatic heterocycles. The third kappa shape index (κ3) is 7.45. The van der Waals surface area contributed by atoms with Crippen molar-refractivity contribution in [1.82, 2.24) is 9.97 Å². The number of fused-ring (bicyclic) bond motifs is 1. The molecule has 0 unspecified atom stereocenters. The number of rotatable bonds is 11. The number of aromatic nitrogens is 2. The fourth-order valence-corrected chi connectivity index (χ4v) is 7.45. The second-order valence-electron chi connectivity index (χ2n) is 13.2. The van der Waals surface area contributed by atoms with Crippen LogP contribution in [0, 0.1) is 0 Å². The number of hydrogen-bond acceptors (Lipinski definition) is 9. The van der Waals surface area contributed by atoms with Crippen molar-refractivity contribution in [1.29, 1.82) is 0 Å². The lowest BCUT2D eigenvalue weighted by Crippen LogP contribution is -2.21. The van der Waals surface area contributed by atoms with Gasteiger partial charge in [0.25, 0.3) is 0 Å². The molecule has 1 aliphatic rings. The highest BCUT2D eigenvalue weighted by Gasteiger charge is 2.37. The average molecular weight is 696 g/mol. The fraction of sp³-hybridized carbons (Fsp3) is 0.289. The molecule has 6 rings (SSSR count). The lowest BCUT2D eigenvalue weighted by Gasteiger charge is -2.23. The minimum atomic E-state index is -3.41. The number of nitrogens with one attached hydrogen (secondary N) is 3. The maximum absolute atomic E-state index is 13.4. The minimum absolute atomic E-state index is 0.154. The highest BCUT2D eigenvalue weighted by atomic mass is 32.2. The molecule has 0 saturated heterocycles. The van der Waals surface area contributed by atoms with Crippen molar-refractivity contribution in [3.05, 3.63) is 95.9 Å². The van der Waals surface area contributed by atoms with Crippen molar-refractivity contribution < 1.29 is 27.4 Å². The fourth-order valence-electron chi connectivity index (χ4n) is 5.71. The molecule has 3 N–H and O–H groups in total. The van der Waals surface area contributed by atoms with Gasteiger partial charge >= 0.3 is 6.03 Å². The second-order valence-corrected chi connectivity index (χ2v) is 15.4. The summed E-state index contributed by atoms with van der Waals surface area (Å²) in [5.41, 5.74) is 3.49. The van der Waals surface area contributed by atoms with Crippen LogP contribution < -0.4 is 30.2 Å². The summed E-state index contributed by atoms with van der Waals surface area (Å²) in [6, 6.07) is 21.3. The molecule has 11 nitrogen and oxygen atoms in total. The predicted molar refractivity (Wildman–Crippen MR) is 196 cm³/mol. The maximum Gasteiger partial charge on any atom is 0.323 e. The summed E-state index contributed by atoms with van der Waals surface area (Å²) in [4.78, 5) is 22.7. The number of nitrogens with zero attached hydrogens (tertiary/aromatic N) is 2. The highest BCUT2D eigenvalue weighted by Crippen LogP contribution is 2.39. The van der Waals surface area contributed by atoms with Crippen LogP contribution in [0.3, 0.4) is 0 Å². The number of anilines is 3. The van der Waals surface area contributed by atoms with Crippen LogP contribution in [0.5, 0.6) is 23.1 Å². The average Bonchev–Trinajstić information content (AvgIpc) is 3.95. The van der Waals surface area contributed by atoms with Crippen LogP contribution in [0.4, 0.5) is 21.9 Å². The number of urea groups is 1. The summed E-state index contributed by atoms with van der Waals surface area (Å²) < 4.78 is 43.2. The molecule has 2 amide bonds. The summed E-state index contributed by atoms with van der Waals surface area (Å²) in [6.45, 7) is 6.32. The molecule has 0 spiro atoms. The van der Waals surface area contributed by atoms with E-state index in [0.717, 1.165) is 22.0 Å². The molecule has 4 aromatic carbocycles. The van der Waals surface area contributed by atoms with Crippen LogP contribution >= 0.6 is 0 Å². The van der Waals surface area contributed by atoms with Crippen molar-refractivity contribution >= 4 is 43.7 Å². The number of ether oxygens (including phenoxy) is 3. The van der Waals surface area contributed by atoms with E-state index in [0.29, 0.717) is 58.7 Å². The van der Waals surface area contributed by atoms with E-state index in [9.17, 15) is 13.2 Å². The Bertz CT molecular complexity index is 2180. The van der Waals surface area contributed by atoms with E-state index in [-0.39, 0.29) is 22.0 Å². The van der Waals surface area contributed by atoms with Gasteiger partial charge in [0.2, 0.25) is 5.88 Å². The van der Waals surface area contributed by atoms with Crippen LogP contribution in [0.2, 0.25) is 0 Å². The number of carbonyl (C=O) groups excluding carboxylic acids is 1. The molecule has 260 valence electrons. The van der Waals surface area contributed by atoms with Crippen molar-refractivity contribution in [3.63, 3.8) is 0 Å². The predicted octanol–water partition coefficient (Wildman–Crippen LogP) is 7.95. The number of amides is 2. The lowest BCUT2D eigenvalue weighted by atomic mass is 9.86. The van der Waals surface area contributed by atoms with Gasteiger partial charge in [0, 0.05) is 36.5 Å². The molecule has 1 aromatic heterocycles. The molecule has 0 radical (unpaired) electrons. The van der Waals surface area contributed by atoms with Crippen LogP contribution in [0.15, 0.2) is 83.9 Å². The van der Waals surface area contributed by atoms with E-state index in [1.165, 1.54) is 7.11 Å². The first-order valence-corrected chi connectivity index (χ1v) is 17.9. The number of sulfone groups is 1. The third-order valence-electron chi connectivity index (χ3n) is 8.53. The topological polar surface area (TPSA) is 141 Å². The van der Waals surface area contributed by atoms with Crippen LogP contribution in [0.25, 0.3) is 10.8 Å².